The number of thiazole rings is 1. The standard InChI is InChI=1S/C35H39FN8O7S3/c1-5-9-43-10-7-25(20-12-21(36)19(13-23(20)43)24-14-38-8-11-42(24)6-2)52-15-18-16-53-31-27(30(46)44(31)28(18)32(47)48)40-29(45)26(22-17-54-34(37)39-22)41-51-35(3,4)33(49)50/h5,7,10,12-13,17,24,27,31,38H,1,6,8-9,11,14-16H2,2-4H3,(H4-,37,39,40,45,47,48,49,50)/p+1/t24?,27?,31-/m0/s1. The van der Waals surface area contributed by atoms with Crippen molar-refractivity contribution in [3.63, 3.8) is 0 Å². The second-order valence-electron chi connectivity index (χ2n) is 13.2. The van der Waals surface area contributed by atoms with Crippen molar-refractivity contribution in [1.29, 1.82) is 0 Å². The van der Waals surface area contributed by atoms with Crippen molar-refractivity contribution in [2.75, 3.05) is 43.4 Å². The lowest BCUT2D eigenvalue weighted by molar-refractivity contribution is -0.661. The van der Waals surface area contributed by atoms with E-state index in [1.54, 1.807) is 12.1 Å². The molecule has 2 unspecified atom stereocenters. The number of benzene rings is 1. The fraction of sp³-hybridized carbons (Fsp3) is 0.400. The number of nitrogens with zero attached hydrogens (tertiary/aromatic N) is 5. The first kappa shape index (κ1) is 39.1. The summed E-state index contributed by atoms with van der Waals surface area (Å²) in [7, 11) is 0. The number of carboxylic acid groups (broad SMARTS) is 2. The summed E-state index contributed by atoms with van der Waals surface area (Å²) in [6.07, 6.45) is 3.67. The molecule has 5 heterocycles. The third kappa shape index (κ3) is 7.68. The van der Waals surface area contributed by atoms with E-state index < -0.39 is 46.5 Å². The number of rotatable bonds is 14. The molecule has 0 bridgehead atoms. The largest absolute Gasteiger partial charge is 0.478 e. The van der Waals surface area contributed by atoms with Gasteiger partial charge in [-0.3, -0.25) is 19.4 Å². The molecule has 3 aliphatic heterocycles. The zero-order valence-electron chi connectivity index (χ0n) is 29.7. The van der Waals surface area contributed by atoms with Gasteiger partial charge in [-0.2, -0.15) is 4.57 Å². The zero-order chi connectivity index (χ0) is 38.9. The lowest BCUT2D eigenvalue weighted by Gasteiger charge is -2.49. The topological polar surface area (TPSA) is 204 Å². The minimum atomic E-state index is -1.79. The molecule has 2 saturated heterocycles. The van der Waals surface area contributed by atoms with Crippen LogP contribution in [0.1, 0.15) is 38.1 Å². The van der Waals surface area contributed by atoms with Crippen LogP contribution in [0.3, 0.4) is 0 Å². The van der Waals surface area contributed by atoms with Gasteiger partial charge < -0.3 is 31.4 Å². The van der Waals surface area contributed by atoms with Crippen LogP contribution in [0.4, 0.5) is 9.52 Å². The van der Waals surface area contributed by atoms with Gasteiger partial charge in [0.25, 0.3) is 11.8 Å². The van der Waals surface area contributed by atoms with Crippen molar-refractivity contribution in [3.05, 3.63) is 70.8 Å². The van der Waals surface area contributed by atoms with E-state index in [1.807, 2.05) is 22.9 Å². The number of aromatic nitrogens is 2. The molecule has 2 fully saturated rings. The summed E-state index contributed by atoms with van der Waals surface area (Å²) >= 11 is 3.66. The quantitative estimate of drug-likeness (QED) is 0.0398. The highest BCUT2D eigenvalue weighted by Crippen LogP contribution is 2.42. The molecule has 19 heteroatoms. The number of carbonyl (C=O) groups excluding carboxylic acids is 2. The van der Waals surface area contributed by atoms with Crippen molar-refractivity contribution < 1.29 is 43.2 Å². The third-order valence-corrected chi connectivity index (χ3v) is 12.5. The SMILES string of the molecule is C=CC[n+]1ccc(SCC2=C(C(=O)O)N3C(=O)C(NC(=O)C(=NOC(C)(C)C(=O)O)c4csc(N)n4)[C@@H]3SC2)c2cc(F)c(C3CNCCN3CC)cc21. The van der Waals surface area contributed by atoms with Crippen LogP contribution < -0.4 is 20.9 Å². The van der Waals surface area contributed by atoms with E-state index in [2.05, 4.69) is 39.2 Å². The number of nitrogens with two attached hydrogens (primary N) is 1. The van der Waals surface area contributed by atoms with Crippen molar-refractivity contribution in [3.8, 4) is 0 Å². The predicted octanol–water partition coefficient (Wildman–Crippen LogP) is 2.57. The van der Waals surface area contributed by atoms with Crippen LogP contribution >= 0.6 is 34.9 Å². The number of oxime groups is 1. The molecule has 0 aliphatic carbocycles. The van der Waals surface area contributed by atoms with Crippen molar-refractivity contribution in [2.24, 2.45) is 5.16 Å². The number of likely N-dealkylation sites (N-methyl/N-ethyl adjacent to an activating group) is 1. The first-order chi connectivity index (χ1) is 25.7. The molecule has 0 saturated carbocycles. The van der Waals surface area contributed by atoms with Crippen LogP contribution in [0.2, 0.25) is 0 Å². The predicted molar refractivity (Wildman–Crippen MR) is 203 cm³/mol. The number of nitrogen functional groups attached to an aromatic ring is 1. The molecule has 3 atom stereocenters. The first-order valence-electron chi connectivity index (χ1n) is 17.0. The minimum absolute atomic E-state index is 0.00928. The number of carboxylic acids is 2. The molecular formula is C35H40FN8O7S3+. The zero-order valence-corrected chi connectivity index (χ0v) is 32.2. The first-order valence-corrected chi connectivity index (χ1v) is 19.9. The monoisotopic (exact) mass is 799 g/mol. The normalized spacial score (nSPS) is 20.7. The van der Waals surface area contributed by atoms with Crippen LogP contribution in [-0.2, 0) is 30.6 Å². The summed E-state index contributed by atoms with van der Waals surface area (Å²) in [5.41, 5.74) is 5.31. The van der Waals surface area contributed by atoms with Gasteiger partial charge >= 0.3 is 11.9 Å². The molecule has 2 aromatic heterocycles. The fourth-order valence-corrected chi connectivity index (χ4v) is 9.49. The van der Waals surface area contributed by atoms with Gasteiger partial charge in [0.1, 0.15) is 28.6 Å². The number of hydrogen-bond acceptors (Lipinski definition) is 13. The Morgan fingerprint density at radius 2 is 2.11 bits per heavy atom. The smallest absolute Gasteiger partial charge is 0.352 e. The molecule has 0 radical (unpaired) electrons. The van der Waals surface area contributed by atoms with Gasteiger partial charge in [-0.05, 0) is 38.1 Å². The highest BCUT2D eigenvalue weighted by molar-refractivity contribution is 8.01. The number of thioether (sulfide) groups is 2. The second-order valence-corrected chi connectivity index (χ2v) is 16.2. The van der Waals surface area contributed by atoms with Crippen molar-refractivity contribution in [2.45, 2.75) is 55.3 Å². The Morgan fingerprint density at radius 3 is 2.78 bits per heavy atom. The number of aliphatic carboxylic acids is 2. The van der Waals surface area contributed by atoms with Crippen LogP contribution in [-0.4, -0.2) is 109 Å². The van der Waals surface area contributed by atoms with E-state index >= 15 is 4.39 Å². The van der Waals surface area contributed by atoms with Crippen molar-refractivity contribution in [1.82, 2.24) is 25.4 Å². The van der Waals surface area contributed by atoms with E-state index in [0.717, 1.165) is 46.3 Å². The molecule has 1 aromatic carbocycles. The Morgan fingerprint density at radius 1 is 1.33 bits per heavy atom. The number of hydrogen-bond donors (Lipinski definition) is 5. The number of β-lactam (4-membered cyclic amide) rings is 1. The summed E-state index contributed by atoms with van der Waals surface area (Å²) in [5, 5.41) is 30.9. The van der Waals surface area contributed by atoms with Crippen LogP contribution in [0.15, 0.2) is 63.8 Å². The van der Waals surface area contributed by atoms with Crippen LogP contribution in [0.25, 0.3) is 10.9 Å². The maximum absolute atomic E-state index is 15.9. The minimum Gasteiger partial charge on any atom is -0.478 e. The second kappa shape index (κ2) is 16.0. The third-order valence-electron chi connectivity index (χ3n) is 9.34. The van der Waals surface area contributed by atoms with Gasteiger partial charge in [0.15, 0.2) is 23.6 Å². The lowest BCUT2D eigenvalue weighted by Crippen LogP contribution is -2.71. The Hall–Kier alpha value is -4.56. The van der Waals surface area contributed by atoms with E-state index in [-0.39, 0.29) is 39.9 Å². The summed E-state index contributed by atoms with van der Waals surface area (Å²) in [6.45, 7) is 12.0. The van der Waals surface area contributed by atoms with E-state index in [1.165, 1.54) is 42.8 Å². The number of carbonyl (C=O) groups is 4. The fourth-order valence-electron chi connectivity index (χ4n) is 6.42. The van der Waals surface area contributed by atoms with Crippen LogP contribution in [0.5, 0.6) is 0 Å². The van der Waals surface area contributed by atoms with E-state index in [0.29, 0.717) is 29.6 Å². The molecule has 3 aliphatic rings. The van der Waals surface area contributed by atoms with Gasteiger partial charge in [0, 0.05) is 59.1 Å². The lowest BCUT2D eigenvalue weighted by atomic mass is 10.00. The maximum atomic E-state index is 15.9. The number of pyridine rings is 1. The molecular weight excluding hydrogens is 760 g/mol. The van der Waals surface area contributed by atoms with Gasteiger partial charge in [-0.25, -0.2) is 19.0 Å². The Bertz CT molecular complexity index is 2090. The molecule has 54 heavy (non-hydrogen) atoms. The number of piperazine rings is 1. The van der Waals surface area contributed by atoms with Gasteiger partial charge in [0.2, 0.25) is 11.1 Å². The maximum Gasteiger partial charge on any atom is 0.352 e. The van der Waals surface area contributed by atoms with E-state index in [4.69, 9.17) is 10.6 Å². The van der Waals surface area contributed by atoms with Crippen LogP contribution in [0, 0.1) is 5.82 Å². The molecule has 3 aromatic rings. The molecule has 286 valence electrons. The number of allylic oxidation sites excluding steroid dienone is 1. The number of halogens is 1. The van der Waals surface area contributed by atoms with Gasteiger partial charge in [0.05, 0.1) is 11.4 Å². The van der Waals surface area contributed by atoms with Gasteiger partial charge in [-0.1, -0.05) is 18.7 Å². The summed E-state index contributed by atoms with van der Waals surface area (Å²) in [4.78, 5) is 64.5. The molecule has 15 nitrogen and oxygen atoms in total. The number of fused-ring (bicyclic) bond motifs is 2. The average Bonchev–Trinajstić information content (AvgIpc) is 3.58. The highest BCUT2D eigenvalue weighted by atomic mass is 32.2. The Balaban J connectivity index is 1.23. The summed E-state index contributed by atoms with van der Waals surface area (Å²) in [5.74, 6) is -4.02. The summed E-state index contributed by atoms with van der Waals surface area (Å²) in [6, 6.07) is 4.07. The summed E-state index contributed by atoms with van der Waals surface area (Å²) < 4.78 is 17.9. The Labute approximate surface area is 322 Å². The molecule has 2 amide bonds. The number of anilines is 1. The van der Waals surface area contributed by atoms with Gasteiger partial charge in [-0.15, -0.1) is 34.9 Å². The molecule has 0 spiro atoms. The highest BCUT2D eigenvalue weighted by Gasteiger charge is 2.54. The average molecular weight is 800 g/mol. The Kier molecular flexibility index (Phi) is 11.6. The van der Waals surface area contributed by atoms with E-state index in [9.17, 15) is 29.4 Å². The van der Waals surface area contributed by atoms with Crippen molar-refractivity contribution >= 4 is 80.4 Å². The number of nitrogens with one attached hydrogen (secondary N) is 2. The molecule has 6 N–H and O–H groups in total. The molecule has 6 rings (SSSR count). The number of amides is 2.